The van der Waals surface area contributed by atoms with E-state index in [2.05, 4.69) is 6.92 Å². The van der Waals surface area contributed by atoms with Crippen LogP contribution in [-0.2, 0) is 6.42 Å². The lowest BCUT2D eigenvalue weighted by molar-refractivity contribution is 0.0985. The Bertz CT molecular complexity index is 263. The van der Waals surface area contributed by atoms with E-state index in [0.29, 0.717) is 12.2 Å². The first-order chi connectivity index (χ1) is 5.77. The van der Waals surface area contributed by atoms with Gasteiger partial charge in [0.05, 0.1) is 4.88 Å². The monoisotopic (exact) mass is 182 g/mol. The quantitative estimate of drug-likeness (QED) is 0.653. The molecule has 12 heavy (non-hydrogen) atoms. The molecular weight excluding hydrogens is 168 g/mol. The second-order valence-corrected chi connectivity index (χ2v) is 3.96. The van der Waals surface area contributed by atoms with Crippen LogP contribution < -0.4 is 0 Å². The molecular formula is C10H14OS. The fourth-order valence-electron chi connectivity index (χ4n) is 1.07. The molecule has 0 saturated heterocycles. The number of rotatable bonds is 4. The summed E-state index contributed by atoms with van der Waals surface area (Å²) in [6, 6.07) is 4.00. The molecule has 1 heterocycles. The molecule has 0 aliphatic heterocycles. The van der Waals surface area contributed by atoms with E-state index in [-0.39, 0.29) is 0 Å². The van der Waals surface area contributed by atoms with E-state index in [4.69, 9.17) is 0 Å². The summed E-state index contributed by atoms with van der Waals surface area (Å²) in [5.74, 6) is 0.294. The van der Waals surface area contributed by atoms with E-state index in [0.717, 1.165) is 17.7 Å². The molecule has 0 aliphatic carbocycles. The summed E-state index contributed by atoms with van der Waals surface area (Å²) < 4.78 is 0. The van der Waals surface area contributed by atoms with Gasteiger partial charge in [0.15, 0.2) is 5.78 Å². The van der Waals surface area contributed by atoms with Crippen LogP contribution in [0.4, 0.5) is 0 Å². The normalized spacial score (nSPS) is 10.2. The van der Waals surface area contributed by atoms with Gasteiger partial charge in [-0.2, -0.15) is 0 Å². The highest BCUT2D eigenvalue weighted by Gasteiger charge is 2.06. The zero-order chi connectivity index (χ0) is 8.97. The molecule has 1 nitrogen and oxygen atoms in total. The third kappa shape index (κ3) is 2.18. The van der Waals surface area contributed by atoms with Gasteiger partial charge in [-0.25, -0.2) is 0 Å². The summed E-state index contributed by atoms with van der Waals surface area (Å²) in [6.07, 6.45) is 2.66. The molecule has 0 spiro atoms. The van der Waals surface area contributed by atoms with Crippen LogP contribution in [0.15, 0.2) is 12.1 Å². The Morgan fingerprint density at radius 2 is 2.17 bits per heavy atom. The Morgan fingerprint density at radius 3 is 2.67 bits per heavy atom. The van der Waals surface area contributed by atoms with Gasteiger partial charge >= 0.3 is 0 Å². The molecule has 0 radical (unpaired) electrons. The molecule has 0 aromatic carbocycles. The van der Waals surface area contributed by atoms with Crippen molar-refractivity contribution in [2.45, 2.75) is 33.1 Å². The maximum Gasteiger partial charge on any atom is 0.172 e. The third-order valence-electron chi connectivity index (χ3n) is 1.76. The Hall–Kier alpha value is -0.630. The van der Waals surface area contributed by atoms with Gasteiger partial charge in [0.2, 0.25) is 0 Å². The molecule has 66 valence electrons. The molecule has 0 fully saturated rings. The molecule has 1 aromatic rings. The number of thiophene rings is 1. The Morgan fingerprint density at radius 1 is 1.42 bits per heavy atom. The zero-order valence-corrected chi connectivity index (χ0v) is 8.41. The number of Topliss-reactive ketones (excluding diaryl/α,β-unsaturated/α-hetero) is 1. The van der Waals surface area contributed by atoms with Crippen LogP contribution in [0.25, 0.3) is 0 Å². The van der Waals surface area contributed by atoms with Crippen molar-refractivity contribution in [2.75, 3.05) is 0 Å². The van der Waals surface area contributed by atoms with Crippen LogP contribution in [0.5, 0.6) is 0 Å². The highest BCUT2D eigenvalue weighted by Crippen LogP contribution is 2.18. The Kier molecular flexibility index (Phi) is 3.48. The predicted octanol–water partition coefficient (Wildman–Crippen LogP) is 3.29. The van der Waals surface area contributed by atoms with Gasteiger partial charge in [-0.3, -0.25) is 4.79 Å². The van der Waals surface area contributed by atoms with Crippen LogP contribution in [0.3, 0.4) is 0 Å². The molecule has 0 N–H and O–H groups in total. The highest BCUT2D eigenvalue weighted by molar-refractivity contribution is 7.14. The number of hydrogen-bond donors (Lipinski definition) is 0. The van der Waals surface area contributed by atoms with E-state index < -0.39 is 0 Å². The molecule has 0 unspecified atom stereocenters. The van der Waals surface area contributed by atoms with Gasteiger partial charge in [0, 0.05) is 11.3 Å². The summed E-state index contributed by atoms with van der Waals surface area (Å²) in [6.45, 7) is 4.14. The number of carbonyl (C=O) groups is 1. The first-order valence-corrected chi connectivity index (χ1v) is 5.21. The number of carbonyl (C=O) groups excluding carboxylic acids is 1. The SMILES string of the molecule is CCCC(=O)c1ccc(CC)s1. The van der Waals surface area contributed by atoms with Crippen LogP contribution in [0, 0.1) is 0 Å². The van der Waals surface area contributed by atoms with Crippen molar-refractivity contribution in [1.82, 2.24) is 0 Å². The molecule has 0 saturated carbocycles. The molecule has 0 aliphatic rings. The fraction of sp³-hybridized carbons (Fsp3) is 0.500. The summed E-state index contributed by atoms with van der Waals surface area (Å²) in [4.78, 5) is 13.6. The molecule has 1 aromatic heterocycles. The van der Waals surface area contributed by atoms with Crippen LogP contribution in [0.1, 0.15) is 41.2 Å². The number of hydrogen-bond acceptors (Lipinski definition) is 2. The Balaban J connectivity index is 2.68. The van der Waals surface area contributed by atoms with Gasteiger partial charge in [-0.05, 0) is 25.0 Å². The van der Waals surface area contributed by atoms with E-state index in [1.165, 1.54) is 4.88 Å². The van der Waals surface area contributed by atoms with Gasteiger partial charge in [-0.15, -0.1) is 11.3 Å². The maximum absolute atomic E-state index is 11.4. The van der Waals surface area contributed by atoms with Crippen molar-refractivity contribution in [1.29, 1.82) is 0 Å². The number of ketones is 1. The van der Waals surface area contributed by atoms with Gasteiger partial charge < -0.3 is 0 Å². The van der Waals surface area contributed by atoms with Gasteiger partial charge in [0.25, 0.3) is 0 Å². The minimum Gasteiger partial charge on any atom is -0.293 e. The van der Waals surface area contributed by atoms with Gasteiger partial charge in [0.1, 0.15) is 0 Å². The second-order valence-electron chi connectivity index (χ2n) is 2.79. The second kappa shape index (κ2) is 4.41. The van der Waals surface area contributed by atoms with Crippen molar-refractivity contribution < 1.29 is 4.79 Å². The van der Waals surface area contributed by atoms with Crippen molar-refractivity contribution in [2.24, 2.45) is 0 Å². The lowest BCUT2D eigenvalue weighted by Crippen LogP contribution is -1.93. The molecule has 1 rings (SSSR count). The van der Waals surface area contributed by atoms with Crippen LogP contribution in [0.2, 0.25) is 0 Å². The summed E-state index contributed by atoms with van der Waals surface area (Å²) in [5.41, 5.74) is 0. The average Bonchev–Trinajstić information content (AvgIpc) is 2.52. The van der Waals surface area contributed by atoms with Crippen LogP contribution in [-0.4, -0.2) is 5.78 Å². The van der Waals surface area contributed by atoms with Crippen molar-refractivity contribution in [3.63, 3.8) is 0 Å². The zero-order valence-electron chi connectivity index (χ0n) is 7.59. The summed E-state index contributed by atoms with van der Waals surface area (Å²) in [5, 5.41) is 0. The summed E-state index contributed by atoms with van der Waals surface area (Å²) in [7, 11) is 0. The number of aryl methyl sites for hydroxylation is 1. The van der Waals surface area contributed by atoms with E-state index in [9.17, 15) is 4.79 Å². The first kappa shape index (κ1) is 9.46. The predicted molar refractivity (Wildman–Crippen MR) is 52.9 cm³/mol. The third-order valence-corrected chi connectivity index (χ3v) is 3.03. The van der Waals surface area contributed by atoms with E-state index in [1.807, 2.05) is 19.1 Å². The lowest BCUT2D eigenvalue weighted by atomic mass is 10.2. The van der Waals surface area contributed by atoms with Crippen LogP contribution >= 0.6 is 11.3 Å². The Labute approximate surface area is 77.4 Å². The molecule has 0 atom stereocenters. The average molecular weight is 182 g/mol. The van der Waals surface area contributed by atoms with Gasteiger partial charge in [-0.1, -0.05) is 13.8 Å². The minimum atomic E-state index is 0.294. The lowest BCUT2D eigenvalue weighted by Gasteiger charge is -1.91. The largest absolute Gasteiger partial charge is 0.293 e. The van der Waals surface area contributed by atoms with Crippen molar-refractivity contribution >= 4 is 17.1 Å². The van der Waals surface area contributed by atoms with Crippen molar-refractivity contribution in [3.05, 3.63) is 21.9 Å². The molecule has 0 bridgehead atoms. The summed E-state index contributed by atoms with van der Waals surface area (Å²) >= 11 is 1.63. The maximum atomic E-state index is 11.4. The van der Waals surface area contributed by atoms with E-state index >= 15 is 0 Å². The minimum absolute atomic E-state index is 0.294. The fourth-order valence-corrected chi connectivity index (χ4v) is 1.98. The smallest absolute Gasteiger partial charge is 0.172 e. The molecule has 0 amide bonds. The van der Waals surface area contributed by atoms with Crippen molar-refractivity contribution in [3.8, 4) is 0 Å². The first-order valence-electron chi connectivity index (χ1n) is 4.39. The molecule has 2 heteroatoms. The van der Waals surface area contributed by atoms with E-state index in [1.54, 1.807) is 11.3 Å². The standard InChI is InChI=1S/C10H14OS/c1-3-5-9(11)10-7-6-8(4-2)12-10/h6-7H,3-5H2,1-2H3. The highest BCUT2D eigenvalue weighted by atomic mass is 32.1. The topological polar surface area (TPSA) is 17.1 Å².